The Kier molecular flexibility index (Phi) is 6.73. The fraction of sp³-hybridized carbons (Fsp3) is 0.294. The molecule has 2 aromatic rings. The van der Waals surface area contributed by atoms with Gasteiger partial charge in [0.25, 0.3) is 0 Å². The summed E-state index contributed by atoms with van der Waals surface area (Å²) in [5.74, 6) is 0.264. The van der Waals surface area contributed by atoms with Gasteiger partial charge in [-0.15, -0.1) is 0 Å². The van der Waals surface area contributed by atoms with E-state index in [1.807, 2.05) is 6.92 Å². The Hall–Kier alpha value is -2.18. The number of nitrogens with one attached hydrogen (secondary N) is 1. The van der Waals surface area contributed by atoms with E-state index in [4.69, 9.17) is 28.0 Å². The van der Waals surface area contributed by atoms with E-state index >= 15 is 0 Å². The molecule has 1 aromatic heterocycles. The van der Waals surface area contributed by atoms with E-state index in [2.05, 4.69) is 20.4 Å². The number of hydrogen-bond acceptors (Lipinski definition) is 5. The fourth-order valence-corrected chi connectivity index (χ4v) is 2.47. The third-order valence-corrected chi connectivity index (χ3v) is 4.11. The van der Waals surface area contributed by atoms with Gasteiger partial charge in [0.2, 0.25) is 5.91 Å². The van der Waals surface area contributed by atoms with Crippen LogP contribution in [0, 0.1) is 13.8 Å². The Balaban J connectivity index is 2.04. The Bertz CT molecular complexity index is 809. The molecular formula is C17H18Cl2N4O2. The van der Waals surface area contributed by atoms with Gasteiger partial charge in [0, 0.05) is 18.4 Å². The lowest BCUT2D eigenvalue weighted by molar-refractivity contribution is -0.116. The van der Waals surface area contributed by atoms with E-state index < -0.39 is 0 Å². The molecule has 0 aliphatic rings. The second-order valence-corrected chi connectivity index (χ2v) is 6.16. The number of benzene rings is 1. The summed E-state index contributed by atoms with van der Waals surface area (Å²) >= 11 is 12.0. The highest BCUT2D eigenvalue weighted by atomic mass is 35.5. The molecule has 1 N–H and O–H groups in total. The van der Waals surface area contributed by atoms with E-state index in [1.165, 1.54) is 7.11 Å². The first-order valence-corrected chi connectivity index (χ1v) is 8.32. The summed E-state index contributed by atoms with van der Waals surface area (Å²) in [6.45, 7) is 3.64. The number of hydrogen-bond donors (Lipinski definition) is 1. The van der Waals surface area contributed by atoms with Gasteiger partial charge in [0.05, 0.1) is 33.3 Å². The average Bonchev–Trinajstić information content (AvgIpc) is 2.56. The number of amides is 1. The molecule has 0 spiro atoms. The number of oxime groups is 1. The van der Waals surface area contributed by atoms with E-state index in [0.717, 1.165) is 11.3 Å². The van der Waals surface area contributed by atoms with Gasteiger partial charge in [-0.25, -0.2) is 4.98 Å². The molecule has 0 saturated carbocycles. The van der Waals surface area contributed by atoms with Crippen molar-refractivity contribution in [3.05, 3.63) is 51.4 Å². The van der Waals surface area contributed by atoms with Crippen LogP contribution >= 0.6 is 23.2 Å². The second kappa shape index (κ2) is 8.78. The van der Waals surface area contributed by atoms with Crippen LogP contribution in [0.15, 0.2) is 29.6 Å². The maximum atomic E-state index is 12.2. The molecule has 1 aromatic carbocycles. The molecule has 132 valence electrons. The van der Waals surface area contributed by atoms with Crippen LogP contribution in [0.5, 0.6) is 0 Å². The lowest BCUT2D eigenvalue weighted by atomic mass is 10.1. The van der Waals surface area contributed by atoms with Crippen LogP contribution in [0.4, 0.5) is 5.82 Å². The minimum absolute atomic E-state index is 0.190. The van der Waals surface area contributed by atoms with Gasteiger partial charge in [0.1, 0.15) is 7.11 Å². The molecular weight excluding hydrogens is 363 g/mol. The third kappa shape index (κ3) is 5.41. The molecule has 0 radical (unpaired) electrons. The van der Waals surface area contributed by atoms with E-state index in [-0.39, 0.29) is 12.3 Å². The number of anilines is 1. The lowest BCUT2D eigenvalue weighted by Gasteiger charge is -2.09. The van der Waals surface area contributed by atoms with Crippen molar-refractivity contribution >= 4 is 40.6 Å². The SMILES string of the molecule is CO/N=C(\CCC(=O)Nc1ncc(C)nc1C)c1ccc(Cl)c(Cl)c1. The summed E-state index contributed by atoms with van der Waals surface area (Å²) in [7, 11) is 1.45. The predicted octanol–water partition coefficient (Wildman–Crippen LogP) is 4.17. The first-order valence-electron chi connectivity index (χ1n) is 7.56. The summed E-state index contributed by atoms with van der Waals surface area (Å²) in [6.07, 6.45) is 2.18. The van der Waals surface area contributed by atoms with Crippen molar-refractivity contribution in [1.29, 1.82) is 0 Å². The van der Waals surface area contributed by atoms with E-state index in [0.29, 0.717) is 33.7 Å². The van der Waals surface area contributed by atoms with Crippen molar-refractivity contribution in [2.45, 2.75) is 26.7 Å². The molecule has 1 amide bonds. The Labute approximate surface area is 156 Å². The van der Waals surface area contributed by atoms with Crippen molar-refractivity contribution in [2.24, 2.45) is 5.16 Å². The Morgan fingerprint density at radius 1 is 1.24 bits per heavy atom. The Morgan fingerprint density at radius 2 is 2.00 bits per heavy atom. The average molecular weight is 381 g/mol. The Morgan fingerprint density at radius 3 is 2.64 bits per heavy atom. The fourth-order valence-electron chi connectivity index (χ4n) is 2.18. The molecule has 8 heteroatoms. The number of aromatic nitrogens is 2. The molecule has 0 fully saturated rings. The summed E-state index contributed by atoms with van der Waals surface area (Å²) in [5.41, 5.74) is 2.81. The highest BCUT2D eigenvalue weighted by Crippen LogP contribution is 2.24. The van der Waals surface area contributed by atoms with Crippen molar-refractivity contribution in [2.75, 3.05) is 12.4 Å². The van der Waals surface area contributed by atoms with Crippen LogP contribution in [-0.2, 0) is 9.63 Å². The zero-order chi connectivity index (χ0) is 18.4. The normalized spacial score (nSPS) is 11.3. The second-order valence-electron chi connectivity index (χ2n) is 5.34. The van der Waals surface area contributed by atoms with Gasteiger partial charge in [0.15, 0.2) is 5.82 Å². The summed E-state index contributed by atoms with van der Waals surface area (Å²) in [6, 6.07) is 5.14. The maximum absolute atomic E-state index is 12.2. The van der Waals surface area contributed by atoms with Crippen LogP contribution in [0.2, 0.25) is 10.0 Å². The van der Waals surface area contributed by atoms with Gasteiger partial charge in [-0.2, -0.15) is 0 Å². The number of nitrogens with zero attached hydrogens (tertiary/aromatic N) is 3. The van der Waals surface area contributed by atoms with Gasteiger partial charge in [-0.1, -0.05) is 34.4 Å². The number of halogens is 2. The highest BCUT2D eigenvalue weighted by Gasteiger charge is 2.12. The van der Waals surface area contributed by atoms with Gasteiger partial charge in [-0.05, 0) is 26.0 Å². The molecule has 1 heterocycles. The lowest BCUT2D eigenvalue weighted by Crippen LogP contribution is -2.16. The van der Waals surface area contributed by atoms with Gasteiger partial charge >= 0.3 is 0 Å². The van der Waals surface area contributed by atoms with Crippen LogP contribution in [0.3, 0.4) is 0 Å². The van der Waals surface area contributed by atoms with E-state index in [1.54, 1.807) is 31.3 Å². The molecule has 0 unspecified atom stereocenters. The molecule has 0 bridgehead atoms. The first kappa shape index (κ1) is 19.1. The molecule has 0 atom stereocenters. The number of rotatable bonds is 6. The monoisotopic (exact) mass is 380 g/mol. The molecule has 25 heavy (non-hydrogen) atoms. The topological polar surface area (TPSA) is 76.5 Å². The van der Waals surface area contributed by atoms with Crippen LogP contribution in [0.1, 0.15) is 29.8 Å². The summed E-state index contributed by atoms with van der Waals surface area (Å²) in [4.78, 5) is 25.5. The van der Waals surface area contributed by atoms with Crippen LogP contribution < -0.4 is 5.32 Å². The van der Waals surface area contributed by atoms with Crippen molar-refractivity contribution in [1.82, 2.24) is 9.97 Å². The minimum Gasteiger partial charge on any atom is -0.399 e. The third-order valence-electron chi connectivity index (χ3n) is 3.37. The minimum atomic E-state index is -0.190. The maximum Gasteiger partial charge on any atom is 0.225 e. The van der Waals surface area contributed by atoms with Gasteiger partial charge in [-0.3, -0.25) is 9.78 Å². The summed E-state index contributed by atoms with van der Waals surface area (Å²) in [5, 5.41) is 7.60. The zero-order valence-corrected chi connectivity index (χ0v) is 15.6. The van der Waals surface area contributed by atoms with Gasteiger partial charge < -0.3 is 10.2 Å². The smallest absolute Gasteiger partial charge is 0.225 e. The number of carbonyl (C=O) groups is 1. The number of carbonyl (C=O) groups excluding carboxylic acids is 1. The predicted molar refractivity (Wildman–Crippen MR) is 99.4 cm³/mol. The molecule has 0 saturated heterocycles. The van der Waals surface area contributed by atoms with Crippen molar-refractivity contribution < 1.29 is 9.63 Å². The largest absolute Gasteiger partial charge is 0.399 e. The quantitative estimate of drug-likeness (QED) is 0.602. The van der Waals surface area contributed by atoms with Crippen molar-refractivity contribution in [3.63, 3.8) is 0 Å². The number of aryl methyl sites for hydroxylation is 2. The molecule has 0 aliphatic carbocycles. The van der Waals surface area contributed by atoms with Crippen molar-refractivity contribution in [3.8, 4) is 0 Å². The standard InChI is InChI=1S/C17H18Cl2N4O2/c1-10-9-20-17(11(2)21-10)22-16(24)7-6-15(23-25-3)12-4-5-13(18)14(19)8-12/h4-5,8-9H,6-7H2,1-3H3,(H,20,22,24)/b23-15+. The van der Waals surface area contributed by atoms with E-state index in [9.17, 15) is 4.79 Å². The summed E-state index contributed by atoms with van der Waals surface area (Å²) < 4.78 is 0. The van der Waals surface area contributed by atoms with Crippen LogP contribution in [-0.4, -0.2) is 28.7 Å². The highest BCUT2D eigenvalue weighted by molar-refractivity contribution is 6.42. The van der Waals surface area contributed by atoms with Crippen LogP contribution in [0.25, 0.3) is 0 Å². The molecule has 0 aliphatic heterocycles. The zero-order valence-electron chi connectivity index (χ0n) is 14.1. The molecule has 6 nitrogen and oxygen atoms in total. The first-order chi connectivity index (χ1) is 11.9. The molecule has 2 rings (SSSR count).